The molecule has 0 unspecified atom stereocenters. The van der Waals surface area contributed by atoms with Crippen LogP contribution < -0.4 is 5.56 Å². The highest BCUT2D eigenvalue weighted by Gasteiger charge is 2.21. The van der Waals surface area contributed by atoms with Crippen LogP contribution in [0.5, 0.6) is 0 Å². The van der Waals surface area contributed by atoms with Crippen molar-refractivity contribution in [3.05, 3.63) is 33.2 Å². The van der Waals surface area contributed by atoms with E-state index in [1.54, 1.807) is 25.3 Å². The summed E-state index contributed by atoms with van der Waals surface area (Å²) >= 11 is 0. The lowest BCUT2D eigenvalue weighted by molar-refractivity contribution is 0.0522. The third-order valence-corrected chi connectivity index (χ3v) is 3.76. The predicted octanol–water partition coefficient (Wildman–Crippen LogP) is 2.07. The molecule has 1 aliphatic carbocycles. The number of pyridine rings is 1. The van der Waals surface area contributed by atoms with Crippen LogP contribution >= 0.6 is 0 Å². The van der Waals surface area contributed by atoms with Crippen LogP contribution in [0.4, 0.5) is 0 Å². The molecule has 0 N–H and O–H groups in total. The highest BCUT2D eigenvalue weighted by atomic mass is 16.5. The second-order valence-electron chi connectivity index (χ2n) is 5.52. The fraction of sp³-hybridized carbons (Fsp3) is 0.625. The Morgan fingerprint density at radius 3 is 2.71 bits per heavy atom. The molecule has 1 aromatic rings. The SMILES string of the molecule is CCOC(=O)c1c(C)cc(=O)n(CCOCC2CC2)c1C. The number of hydrogen-bond donors (Lipinski definition) is 0. The zero-order valence-electron chi connectivity index (χ0n) is 13.0. The van der Waals surface area contributed by atoms with Crippen molar-refractivity contribution >= 4 is 5.97 Å². The van der Waals surface area contributed by atoms with E-state index in [1.165, 1.54) is 18.9 Å². The Kier molecular flexibility index (Phi) is 5.17. The van der Waals surface area contributed by atoms with Gasteiger partial charge in [0.2, 0.25) is 0 Å². The molecule has 0 aliphatic heterocycles. The summed E-state index contributed by atoms with van der Waals surface area (Å²) in [6.45, 7) is 7.35. The van der Waals surface area contributed by atoms with Crippen molar-refractivity contribution in [3.63, 3.8) is 0 Å². The van der Waals surface area contributed by atoms with E-state index in [-0.39, 0.29) is 11.5 Å². The first-order valence-corrected chi connectivity index (χ1v) is 7.50. The molecule has 0 atom stereocenters. The lowest BCUT2D eigenvalue weighted by Crippen LogP contribution is -2.28. The Morgan fingerprint density at radius 2 is 2.10 bits per heavy atom. The molecule has 21 heavy (non-hydrogen) atoms. The Bertz CT molecular complexity index is 572. The maximum Gasteiger partial charge on any atom is 0.340 e. The molecule has 116 valence electrons. The summed E-state index contributed by atoms with van der Waals surface area (Å²) in [5, 5.41) is 0. The van der Waals surface area contributed by atoms with Crippen molar-refractivity contribution in [3.8, 4) is 0 Å². The van der Waals surface area contributed by atoms with E-state index in [2.05, 4.69) is 0 Å². The summed E-state index contributed by atoms with van der Waals surface area (Å²) < 4.78 is 12.2. The summed E-state index contributed by atoms with van der Waals surface area (Å²) in [5.41, 5.74) is 1.69. The molecule has 5 heteroatoms. The Balaban J connectivity index is 2.13. The van der Waals surface area contributed by atoms with Crippen molar-refractivity contribution in [2.75, 3.05) is 19.8 Å². The smallest absolute Gasteiger partial charge is 0.340 e. The third-order valence-electron chi connectivity index (χ3n) is 3.76. The summed E-state index contributed by atoms with van der Waals surface area (Å²) in [4.78, 5) is 24.1. The van der Waals surface area contributed by atoms with Gasteiger partial charge in [-0.3, -0.25) is 4.79 Å². The van der Waals surface area contributed by atoms with Crippen LogP contribution in [0.1, 0.15) is 41.4 Å². The van der Waals surface area contributed by atoms with Crippen LogP contribution in [0, 0.1) is 19.8 Å². The average molecular weight is 293 g/mol. The standard InChI is InChI=1S/C16H23NO4/c1-4-21-16(19)15-11(2)9-14(18)17(12(15)3)7-8-20-10-13-5-6-13/h9,13H,4-8,10H2,1-3H3. The molecule has 0 bridgehead atoms. The number of hydrogen-bond acceptors (Lipinski definition) is 4. The minimum Gasteiger partial charge on any atom is -0.462 e. The first kappa shape index (κ1) is 15.8. The topological polar surface area (TPSA) is 57.5 Å². The van der Waals surface area contributed by atoms with Crippen LogP contribution in [0.3, 0.4) is 0 Å². The Labute approximate surface area is 124 Å². The fourth-order valence-corrected chi connectivity index (χ4v) is 2.40. The first-order valence-electron chi connectivity index (χ1n) is 7.50. The average Bonchev–Trinajstić information content (AvgIpc) is 3.21. The van der Waals surface area contributed by atoms with Gasteiger partial charge in [0.1, 0.15) is 0 Å². The van der Waals surface area contributed by atoms with Crippen molar-refractivity contribution in [1.82, 2.24) is 4.57 Å². The van der Waals surface area contributed by atoms with E-state index in [9.17, 15) is 9.59 Å². The Morgan fingerprint density at radius 1 is 1.38 bits per heavy atom. The predicted molar refractivity (Wildman–Crippen MR) is 79.7 cm³/mol. The van der Waals surface area contributed by atoms with E-state index < -0.39 is 0 Å². The molecule has 1 aromatic heterocycles. The fourth-order valence-electron chi connectivity index (χ4n) is 2.40. The number of nitrogens with zero attached hydrogens (tertiary/aromatic N) is 1. The van der Waals surface area contributed by atoms with Crippen molar-refractivity contribution in [1.29, 1.82) is 0 Å². The van der Waals surface area contributed by atoms with Crippen LogP contribution in [0.15, 0.2) is 10.9 Å². The van der Waals surface area contributed by atoms with Gasteiger partial charge in [-0.2, -0.15) is 0 Å². The van der Waals surface area contributed by atoms with E-state index in [4.69, 9.17) is 9.47 Å². The molecular weight excluding hydrogens is 270 g/mol. The zero-order chi connectivity index (χ0) is 15.4. The number of rotatable bonds is 7. The summed E-state index contributed by atoms with van der Waals surface area (Å²) in [6, 6.07) is 1.49. The number of aryl methyl sites for hydroxylation is 1. The molecular formula is C16H23NO4. The molecule has 1 saturated carbocycles. The monoisotopic (exact) mass is 293 g/mol. The molecule has 1 aliphatic rings. The lowest BCUT2D eigenvalue weighted by Gasteiger charge is -2.15. The molecule has 0 saturated heterocycles. The van der Waals surface area contributed by atoms with Crippen LogP contribution in [-0.4, -0.2) is 30.4 Å². The van der Waals surface area contributed by atoms with Crippen LogP contribution in [0.2, 0.25) is 0 Å². The molecule has 2 rings (SSSR count). The number of carbonyl (C=O) groups excluding carboxylic acids is 1. The van der Waals surface area contributed by atoms with Crippen LogP contribution in [0.25, 0.3) is 0 Å². The summed E-state index contributed by atoms with van der Waals surface area (Å²) in [6.07, 6.45) is 2.49. The molecule has 1 heterocycles. The van der Waals surface area contributed by atoms with Gasteiger partial charge in [-0.15, -0.1) is 0 Å². The lowest BCUT2D eigenvalue weighted by atomic mass is 10.1. The van der Waals surface area contributed by atoms with Gasteiger partial charge in [0.25, 0.3) is 5.56 Å². The van der Waals surface area contributed by atoms with Crippen molar-refractivity contribution < 1.29 is 14.3 Å². The number of esters is 1. The minimum atomic E-state index is -0.375. The van der Waals surface area contributed by atoms with Gasteiger partial charge in [-0.1, -0.05) is 0 Å². The van der Waals surface area contributed by atoms with Gasteiger partial charge < -0.3 is 14.0 Å². The minimum absolute atomic E-state index is 0.104. The summed E-state index contributed by atoms with van der Waals surface area (Å²) in [5.74, 6) is 0.330. The maximum atomic E-state index is 12.1. The normalized spacial score (nSPS) is 14.2. The van der Waals surface area contributed by atoms with Gasteiger partial charge in [0, 0.05) is 24.9 Å². The third kappa shape index (κ3) is 3.94. The number of aromatic nitrogens is 1. The molecule has 0 amide bonds. The molecule has 0 radical (unpaired) electrons. The van der Waals surface area contributed by atoms with E-state index in [0.717, 1.165) is 6.61 Å². The largest absolute Gasteiger partial charge is 0.462 e. The Hall–Kier alpha value is -1.62. The highest BCUT2D eigenvalue weighted by molar-refractivity contribution is 5.92. The zero-order valence-corrected chi connectivity index (χ0v) is 13.0. The second kappa shape index (κ2) is 6.89. The maximum absolute atomic E-state index is 12.1. The van der Waals surface area contributed by atoms with Gasteiger partial charge >= 0.3 is 5.97 Å². The van der Waals surface area contributed by atoms with Crippen LogP contribution in [-0.2, 0) is 16.0 Å². The van der Waals surface area contributed by atoms with E-state index >= 15 is 0 Å². The van der Waals surface area contributed by atoms with Crippen molar-refractivity contribution in [2.24, 2.45) is 5.92 Å². The van der Waals surface area contributed by atoms with Gasteiger partial charge in [0.15, 0.2) is 0 Å². The molecule has 0 aromatic carbocycles. The first-order chi connectivity index (χ1) is 10.0. The number of carbonyl (C=O) groups is 1. The quantitative estimate of drug-likeness (QED) is 0.570. The van der Waals surface area contributed by atoms with Gasteiger partial charge in [-0.05, 0) is 45.1 Å². The van der Waals surface area contributed by atoms with Gasteiger partial charge in [0.05, 0.1) is 18.8 Å². The second-order valence-corrected chi connectivity index (χ2v) is 5.52. The molecule has 5 nitrogen and oxygen atoms in total. The van der Waals surface area contributed by atoms with Gasteiger partial charge in [-0.25, -0.2) is 4.79 Å². The van der Waals surface area contributed by atoms with E-state index in [0.29, 0.717) is 42.5 Å². The summed E-state index contributed by atoms with van der Waals surface area (Å²) in [7, 11) is 0. The highest BCUT2D eigenvalue weighted by Crippen LogP contribution is 2.28. The molecule has 1 fully saturated rings. The van der Waals surface area contributed by atoms with E-state index in [1.807, 2.05) is 0 Å². The van der Waals surface area contributed by atoms with Crippen molar-refractivity contribution in [2.45, 2.75) is 40.2 Å². The number of ether oxygens (including phenoxy) is 2. The molecule has 0 spiro atoms.